The molecule has 0 aliphatic carbocycles. The molecule has 1 N–H and O–H groups in total. The number of fused-ring (bicyclic) bond motifs is 2. The molecule has 35 heavy (non-hydrogen) atoms. The van der Waals surface area contributed by atoms with Crippen molar-refractivity contribution in [2.24, 2.45) is 11.8 Å². The molecule has 0 aromatic rings. The highest BCUT2D eigenvalue weighted by molar-refractivity contribution is 8.02. The summed E-state index contributed by atoms with van der Waals surface area (Å²) >= 11 is 1.54. The van der Waals surface area contributed by atoms with Crippen molar-refractivity contribution in [2.45, 2.75) is 41.8 Å². The van der Waals surface area contributed by atoms with Crippen LogP contribution in [0.3, 0.4) is 0 Å². The summed E-state index contributed by atoms with van der Waals surface area (Å²) in [6.45, 7) is 6.66. The van der Waals surface area contributed by atoms with E-state index < -0.39 is 28.7 Å². The number of carbonyl (C=O) groups excluding carboxylic acids is 3. The fourth-order valence-corrected chi connectivity index (χ4v) is 8.08. The van der Waals surface area contributed by atoms with Crippen LogP contribution in [-0.2, 0) is 23.9 Å². The third kappa shape index (κ3) is 4.32. The molecule has 9 nitrogen and oxygen atoms in total. The number of carbonyl (C=O) groups is 3. The molecule has 5 heterocycles. The third-order valence-electron chi connectivity index (χ3n) is 7.90. The van der Waals surface area contributed by atoms with Crippen molar-refractivity contribution >= 4 is 29.5 Å². The van der Waals surface area contributed by atoms with Crippen LogP contribution in [0.1, 0.15) is 19.8 Å². The number of aliphatic hydroxyl groups excluding tert-OH is 1. The maximum absolute atomic E-state index is 14.1. The van der Waals surface area contributed by atoms with Crippen molar-refractivity contribution in [1.82, 2.24) is 14.7 Å². The molecule has 0 radical (unpaired) electrons. The van der Waals surface area contributed by atoms with Crippen LogP contribution in [0, 0.1) is 11.8 Å². The van der Waals surface area contributed by atoms with Gasteiger partial charge in [0.05, 0.1) is 49.1 Å². The number of ether oxygens (including phenoxy) is 2. The number of thioether (sulfide) groups is 1. The maximum Gasteiger partial charge on any atom is 0.311 e. The van der Waals surface area contributed by atoms with Crippen molar-refractivity contribution in [3.8, 4) is 0 Å². The van der Waals surface area contributed by atoms with Crippen LogP contribution in [0.5, 0.6) is 0 Å². The molecule has 1 spiro atoms. The normalized spacial score (nSPS) is 37.5. The van der Waals surface area contributed by atoms with E-state index in [9.17, 15) is 19.5 Å². The Bertz CT molecular complexity index is 906. The second kappa shape index (κ2) is 10.2. The first-order valence-electron chi connectivity index (χ1n) is 12.7. The SMILES string of the molecule is C[C@H](CO)N1C(=O)[C@@H]2[C@H]3C(=O)OCCC/C=C\[C@H]3S[C@@]23C=CCN(CCN2CCOCC2)C(=O)C13. The number of hydrogen-bond acceptors (Lipinski definition) is 8. The van der Waals surface area contributed by atoms with Crippen LogP contribution in [0.15, 0.2) is 24.3 Å². The Kier molecular flexibility index (Phi) is 7.25. The molecule has 3 saturated heterocycles. The van der Waals surface area contributed by atoms with Gasteiger partial charge in [-0.1, -0.05) is 24.3 Å². The fraction of sp³-hybridized carbons (Fsp3) is 0.720. The summed E-state index contributed by atoms with van der Waals surface area (Å²) in [6, 6.07) is -1.30. The van der Waals surface area contributed by atoms with Gasteiger partial charge in [-0.05, 0) is 19.8 Å². The Morgan fingerprint density at radius 2 is 1.94 bits per heavy atom. The lowest BCUT2D eigenvalue weighted by molar-refractivity contribution is -0.153. The van der Waals surface area contributed by atoms with Gasteiger partial charge in [-0.3, -0.25) is 19.3 Å². The van der Waals surface area contributed by atoms with E-state index in [-0.39, 0.29) is 29.6 Å². The van der Waals surface area contributed by atoms with E-state index in [1.165, 1.54) is 11.8 Å². The van der Waals surface area contributed by atoms with Gasteiger partial charge < -0.3 is 24.4 Å². The maximum atomic E-state index is 14.1. The highest BCUT2D eigenvalue weighted by atomic mass is 32.2. The summed E-state index contributed by atoms with van der Waals surface area (Å²) < 4.78 is 10.1. The van der Waals surface area contributed by atoms with Gasteiger partial charge in [-0.15, -0.1) is 11.8 Å². The molecule has 0 bridgehead atoms. The van der Waals surface area contributed by atoms with Crippen LogP contribution in [-0.4, -0.2) is 119 Å². The van der Waals surface area contributed by atoms with Gasteiger partial charge in [0, 0.05) is 38.0 Å². The van der Waals surface area contributed by atoms with Gasteiger partial charge >= 0.3 is 5.97 Å². The Labute approximate surface area is 210 Å². The second-order valence-corrected chi connectivity index (χ2v) is 11.5. The first kappa shape index (κ1) is 24.8. The van der Waals surface area contributed by atoms with Crippen molar-refractivity contribution < 1.29 is 29.0 Å². The van der Waals surface area contributed by atoms with E-state index >= 15 is 0 Å². The molecule has 10 heteroatoms. The lowest BCUT2D eigenvalue weighted by Gasteiger charge is -2.38. The first-order chi connectivity index (χ1) is 17.0. The third-order valence-corrected chi connectivity index (χ3v) is 9.65. The standard InChI is InChI=1S/C25H35N3O6S/c1-17(16-29)28-21-23(31)27(10-9-26-11-14-33-15-12-26)8-5-7-25(21)20(22(28)30)19-18(35-25)6-3-2-4-13-34-24(19)32/h3,5-7,17-21,29H,2,4,8-16H2,1H3/b6-3-/t17-,18-,19+,20+,21?,25+/m1/s1. The minimum absolute atomic E-state index is 0.115. The summed E-state index contributed by atoms with van der Waals surface area (Å²) in [5.74, 6) is -2.08. The molecule has 2 amide bonds. The predicted octanol–water partition coefficient (Wildman–Crippen LogP) is 0.288. The molecule has 1 unspecified atom stereocenters. The number of likely N-dealkylation sites (tertiary alicyclic amines) is 1. The monoisotopic (exact) mass is 505 g/mol. The fourth-order valence-electron chi connectivity index (χ4n) is 6.09. The van der Waals surface area contributed by atoms with Gasteiger partial charge in [-0.2, -0.15) is 0 Å². The van der Waals surface area contributed by atoms with E-state index in [1.807, 2.05) is 23.1 Å². The lowest BCUT2D eigenvalue weighted by Crippen LogP contribution is -2.56. The van der Waals surface area contributed by atoms with Crippen LogP contribution in [0.4, 0.5) is 0 Å². The second-order valence-electron chi connectivity index (χ2n) is 10.00. The topological polar surface area (TPSA) is 99.6 Å². The smallest absolute Gasteiger partial charge is 0.311 e. The van der Waals surface area contributed by atoms with Crippen molar-refractivity contribution in [3.05, 3.63) is 24.3 Å². The van der Waals surface area contributed by atoms with Crippen LogP contribution in [0.2, 0.25) is 0 Å². The zero-order valence-corrected chi connectivity index (χ0v) is 21.0. The van der Waals surface area contributed by atoms with Gasteiger partial charge in [0.25, 0.3) is 0 Å². The molecule has 5 rings (SSSR count). The molecule has 5 aliphatic rings. The minimum atomic E-state index is -0.872. The van der Waals surface area contributed by atoms with Crippen LogP contribution < -0.4 is 0 Å². The van der Waals surface area contributed by atoms with Crippen molar-refractivity contribution in [1.29, 1.82) is 0 Å². The zero-order valence-electron chi connectivity index (χ0n) is 20.2. The number of esters is 1. The lowest BCUT2D eigenvalue weighted by atomic mass is 9.78. The quantitative estimate of drug-likeness (QED) is 0.421. The summed E-state index contributed by atoms with van der Waals surface area (Å²) in [7, 11) is 0. The number of cyclic esters (lactones) is 1. The number of morpholine rings is 1. The number of aliphatic hydroxyl groups is 1. The summed E-state index contributed by atoms with van der Waals surface area (Å²) in [5.41, 5.74) is 0. The average molecular weight is 506 g/mol. The van der Waals surface area contributed by atoms with Gasteiger partial charge in [0.1, 0.15) is 6.04 Å². The molecular weight excluding hydrogens is 470 g/mol. The van der Waals surface area contributed by atoms with Gasteiger partial charge in [0.2, 0.25) is 11.8 Å². The molecule has 0 aromatic heterocycles. The first-order valence-corrected chi connectivity index (χ1v) is 13.6. The van der Waals surface area contributed by atoms with E-state index in [0.29, 0.717) is 32.9 Å². The van der Waals surface area contributed by atoms with E-state index in [1.54, 1.807) is 11.8 Å². The molecule has 6 atom stereocenters. The van der Waals surface area contributed by atoms with Crippen LogP contribution in [0.25, 0.3) is 0 Å². The minimum Gasteiger partial charge on any atom is -0.465 e. The number of amides is 2. The van der Waals surface area contributed by atoms with Gasteiger partial charge in [-0.25, -0.2) is 0 Å². The Morgan fingerprint density at radius 1 is 1.14 bits per heavy atom. The Balaban J connectivity index is 1.49. The molecule has 3 fully saturated rings. The molecular formula is C25H35N3O6S. The average Bonchev–Trinajstić information content (AvgIpc) is 3.29. The number of rotatable bonds is 5. The Morgan fingerprint density at radius 3 is 2.71 bits per heavy atom. The highest BCUT2D eigenvalue weighted by Crippen LogP contribution is 2.61. The molecule has 0 saturated carbocycles. The molecule has 0 aromatic carbocycles. The number of nitrogens with zero attached hydrogens (tertiary/aromatic N) is 3. The number of allylic oxidation sites excluding steroid dienone is 1. The van der Waals surface area contributed by atoms with E-state index in [0.717, 1.165) is 32.5 Å². The summed E-state index contributed by atoms with van der Waals surface area (Å²) in [6.07, 6.45) is 9.64. The number of hydrogen-bond donors (Lipinski definition) is 1. The van der Waals surface area contributed by atoms with Crippen LogP contribution >= 0.6 is 11.8 Å². The van der Waals surface area contributed by atoms with Crippen molar-refractivity contribution in [3.63, 3.8) is 0 Å². The van der Waals surface area contributed by atoms with Gasteiger partial charge in [0.15, 0.2) is 0 Å². The largest absolute Gasteiger partial charge is 0.465 e. The highest BCUT2D eigenvalue weighted by Gasteiger charge is 2.71. The molecule has 5 aliphatic heterocycles. The molecule has 192 valence electrons. The predicted molar refractivity (Wildman–Crippen MR) is 131 cm³/mol. The van der Waals surface area contributed by atoms with E-state index in [4.69, 9.17) is 9.47 Å². The summed E-state index contributed by atoms with van der Waals surface area (Å²) in [4.78, 5) is 46.9. The van der Waals surface area contributed by atoms with E-state index in [2.05, 4.69) is 11.0 Å². The zero-order chi connectivity index (χ0) is 24.6. The van der Waals surface area contributed by atoms with Crippen molar-refractivity contribution in [2.75, 3.05) is 59.2 Å². The summed E-state index contributed by atoms with van der Waals surface area (Å²) in [5, 5.41) is 9.76. The Hall–Kier alpha value is -1.88.